The van der Waals surface area contributed by atoms with E-state index >= 15 is 0 Å². The fourth-order valence-corrected chi connectivity index (χ4v) is 2.95. The Kier molecular flexibility index (Phi) is 5.05. The molecule has 1 aromatic carbocycles. The van der Waals surface area contributed by atoms with Crippen molar-refractivity contribution in [1.82, 2.24) is 4.72 Å². The summed E-state index contributed by atoms with van der Waals surface area (Å²) in [6.07, 6.45) is 0. The Hall–Kier alpha value is -0.990. The Morgan fingerprint density at radius 1 is 1.42 bits per heavy atom. The number of nitrogens with one attached hydrogen (secondary N) is 1. The SMILES string of the molecule is CC(C)[C@H](NS(=O)(=O)c1ccc(Br)c(F)c1)C(=O)O. The summed E-state index contributed by atoms with van der Waals surface area (Å²) in [6, 6.07) is 1.99. The molecule has 0 unspecified atom stereocenters. The first kappa shape index (κ1) is 16.1. The molecule has 0 amide bonds. The molecule has 0 bridgehead atoms. The van der Waals surface area contributed by atoms with Crippen molar-refractivity contribution in [3.63, 3.8) is 0 Å². The molecular formula is C11H13BrFNO4S. The molecule has 0 fully saturated rings. The molecule has 1 atom stereocenters. The predicted octanol–water partition coefficient (Wildman–Crippen LogP) is 1.98. The molecule has 0 saturated carbocycles. The first-order valence-electron chi connectivity index (χ1n) is 5.35. The quantitative estimate of drug-likeness (QED) is 0.847. The van der Waals surface area contributed by atoms with Crippen LogP contribution < -0.4 is 4.72 Å². The average Bonchev–Trinajstić information content (AvgIpc) is 2.28. The van der Waals surface area contributed by atoms with Gasteiger partial charge in [0, 0.05) is 0 Å². The molecule has 1 aromatic rings. The van der Waals surface area contributed by atoms with Gasteiger partial charge in [0.2, 0.25) is 10.0 Å². The molecule has 19 heavy (non-hydrogen) atoms. The lowest BCUT2D eigenvalue weighted by Crippen LogP contribution is -2.44. The summed E-state index contributed by atoms with van der Waals surface area (Å²) in [7, 11) is -4.08. The zero-order valence-corrected chi connectivity index (χ0v) is 12.6. The van der Waals surface area contributed by atoms with E-state index in [1.165, 1.54) is 12.1 Å². The van der Waals surface area contributed by atoms with Gasteiger partial charge in [0.25, 0.3) is 0 Å². The minimum absolute atomic E-state index is 0.130. The van der Waals surface area contributed by atoms with Gasteiger partial charge in [-0.1, -0.05) is 13.8 Å². The largest absolute Gasteiger partial charge is 0.480 e. The number of hydrogen-bond donors (Lipinski definition) is 2. The lowest BCUT2D eigenvalue weighted by molar-refractivity contribution is -0.140. The van der Waals surface area contributed by atoms with E-state index in [0.717, 1.165) is 6.07 Å². The molecule has 8 heteroatoms. The zero-order chi connectivity index (χ0) is 14.8. The number of carboxylic acids is 1. The van der Waals surface area contributed by atoms with Crippen LogP contribution in [0.1, 0.15) is 13.8 Å². The first-order chi connectivity index (χ1) is 8.65. The summed E-state index contributed by atoms with van der Waals surface area (Å²) >= 11 is 2.91. The third-order valence-electron chi connectivity index (χ3n) is 2.42. The van der Waals surface area contributed by atoms with Gasteiger partial charge in [-0.3, -0.25) is 4.79 Å². The van der Waals surface area contributed by atoms with E-state index in [0.29, 0.717) is 0 Å². The number of aliphatic carboxylic acids is 1. The maximum Gasteiger partial charge on any atom is 0.322 e. The number of hydrogen-bond acceptors (Lipinski definition) is 3. The molecule has 0 spiro atoms. The third-order valence-corrected chi connectivity index (χ3v) is 4.50. The van der Waals surface area contributed by atoms with Crippen LogP contribution in [0, 0.1) is 11.7 Å². The van der Waals surface area contributed by atoms with Crippen LogP contribution in [0.2, 0.25) is 0 Å². The number of carboxylic acid groups (broad SMARTS) is 1. The lowest BCUT2D eigenvalue weighted by atomic mass is 10.1. The van der Waals surface area contributed by atoms with Crippen molar-refractivity contribution >= 4 is 31.9 Å². The van der Waals surface area contributed by atoms with Gasteiger partial charge in [-0.25, -0.2) is 12.8 Å². The number of sulfonamides is 1. The second kappa shape index (κ2) is 5.98. The van der Waals surface area contributed by atoms with Crippen LogP contribution >= 0.6 is 15.9 Å². The van der Waals surface area contributed by atoms with E-state index < -0.39 is 33.8 Å². The van der Waals surface area contributed by atoms with E-state index in [4.69, 9.17) is 5.11 Å². The Morgan fingerprint density at radius 3 is 2.42 bits per heavy atom. The van der Waals surface area contributed by atoms with Crippen molar-refractivity contribution in [2.75, 3.05) is 0 Å². The summed E-state index contributed by atoms with van der Waals surface area (Å²) < 4.78 is 39.4. The highest BCUT2D eigenvalue weighted by atomic mass is 79.9. The molecule has 1 rings (SSSR count). The van der Waals surface area contributed by atoms with Crippen molar-refractivity contribution < 1.29 is 22.7 Å². The second-order valence-corrected chi connectivity index (χ2v) is 6.83. The van der Waals surface area contributed by atoms with Crippen LogP contribution in [0.5, 0.6) is 0 Å². The van der Waals surface area contributed by atoms with Gasteiger partial charge < -0.3 is 5.11 Å². The van der Waals surface area contributed by atoms with Crippen molar-refractivity contribution in [2.24, 2.45) is 5.92 Å². The van der Waals surface area contributed by atoms with Crippen LogP contribution in [0.4, 0.5) is 4.39 Å². The average molecular weight is 354 g/mol. The van der Waals surface area contributed by atoms with Crippen LogP contribution in [0.25, 0.3) is 0 Å². The van der Waals surface area contributed by atoms with Crippen molar-refractivity contribution in [3.05, 3.63) is 28.5 Å². The smallest absolute Gasteiger partial charge is 0.322 e. The number of carbonyl (C=O) groups is 1. The standard InChI is InChI=1S/C11H13BrFNO4S/c1-6(2)10(11(15)16)14-19(17,18)7-3-4-8(12)9(13)5-7/h3-6,10,14H,1-2H3,(H,15,16)/t10-/m0/s1. The summed E-state index contributed by atoms with van der Waals surface area (Å²) in [5.74, 6) is -2.46. The number of halogens is 2. The highest BCUT2D eigenvalue weighted by Gasteiger charge is 2.28. The Morgan fingerprint density at radius 2 is 2.00 bits per heavy atom. The molecule has 0 radical (unpaired) electrons. The van der Waals surface area contributed by atoms with E-state index in [1.807, 2.05) is 4.72 Å². The summed E-state index contributed by atoms with van der Waals surface area (Å²) in [4.78, 5) is 10.6. The molecule has 0 aromatic heterocycles. The molecule has 0 aliphatic rings. The van der Waals surface area contributed by atoms with Crippen LogP contribution in [-0.4, -0.2) is 25.5 Å². The second-order valence-electron chi connectivity index (χ2n) is 4.26. The highest BCUT2D eigenvalue weighted by Crippen LogP contribution is 2.20. The topological polar surface area (TPSA) is 83.5 Å². The van der Waals surface area contributed by atoms with Gasteiger partial charge in [0.1, 0.15) is 11.9 Å². The zero-order valence-electron chi connectivity index (χ0n) is 10.2. The van der Waals surface area contributed by atoms with Gasteiger partial charge in [-0.05, 0) is 40.0 Å². The van der Waals surface area contributed by atoms with Crippen molar-refractivity contribution in [1.29, 1.82) is 0 Å². The van der Waals surface area contributed by atoms with Gasteiger partial charge in [-0.2, -0.15) is 4.72 Å². The molecule has 0 heterocycles. The lowest BCUT2D eigenvalue weighted by Gasteiger charge is -2.18. The molecule has 0 aliphatic heterocycles. The maximum absolute atomic E-state index is 13.3. The maximum atomic E-state index is 13.3. The Balaban J connectivity index is 3.10. The molecule has 0 saturated heterocycles. The van der Waals surface area contributed by atoms with Crippen LogP contribution in [0.3, 0.4) is 0 Å². The number of benzene rings is 1. The van der Waals surface area contributed by atoms with E-state index in [2.05, 4.69) is 15.9 Å². The van der Waals surface area contributed by atoms with Crippen molar-refractivity contribution in [3.8, 4) is 0 Å². The highest BCUT2D eigenvalue weighted by molar-refractivity contribution is 9.10. The minimum Gasteiger partial charge on any atom is -0.480 e. The van der Waals surface area contributed by atoms with Crippen LogP contribution in [0.15, 0.2) is 27.6 Å². The fourth-order valence-electron chi connectivity index (χ4n) is 1.35. The van der Waals surface area contributed by atoms with E-state index in [9.17, 15) is 17.6 Å². The minimum atomic E-state index is -4.08. The summed E-state index contributed by atoms with van der Waals surface area (Å²) in [6.45, 7) is 3.15. The Bertz CT molecular complexity index is 588. The predicted molar refractivity (Wildman–Crippen MR) is 70.7 cm³/mol. The molecular weight excluding hydrogens is 341 g/mol. The van der Waals surface area contributed by atoms with Gasteiger partial charge in [0.05, 0.1) is 9.37 Å². The van der Waals surface area contributed by atoms with E-state index in [-0.39, 0.29) is 9.37 Å². The van der Waals surface area contributed by atoms with Crippen molar-refractivity contribution in [2.45, 2.75) is 24.8 Å². The fraction of sp³-hybridized carbons (Fsp3) is 0.364. The van der Waals surface area contributed by atoms with E-state index in [1.54, 1.807) is 13.8 Å². The molecule has 2 N–H and O–H groups in total. The summed E-state index contributed by atoms with van der Waals surface area (Å²) in [5, 5.41) is 8.94. The molecule has 106 valence electrons. The van der Waals surface area contributed by atoms with Crippen LogP contribution in [-0.2, 0) is 14.8 Å². The van der Waals surface area contributed by atoms with Gasteiger partial charge >= 0.3 is 5.97 Å². The molecule has 0 aliphatic carbocycles. The normalized spacial score (nSPS) is 13.5. The van der Waals surface area contributed by atoms with Gasteiger partial charge in [0.15, 0.2) is 0 Å². The number of rotatable bonds is 5. The first-order valence-corrected chi connectivity index (χ1v) is 7.63. The molecule has 5 nitrogen and oxygen atoms in total. The monoisotopic (exact) mass is 353 g/mol. The van der Waals surface area contributed by atoms with Gasteiger partial charge in [-0.15, -0.1) is 0 Å². The Labute approximate surface area is 119 Å². The third kappa shape index (κ3) is 3.99. The summed E-state index contributed by atoms with van der Waals surface area (Å²) in [5.41, 5.74) is 0.